The second kappa shape index (κ2) is 10.7. The minimum atomic E-state index is -4.41. The van der Waals surface area contributed by atoms with Crippen molar-refractivity contribution in [2.24, 2.45) is 0 Å². The molecule has 0 radical (unpaired) electrons. The van der Waals surface area contributed by atoms with Gasteiger partial charge in [-0.2, -0.15) is 13.2 Å². The van der Waals surface area contributed by atoms with Gasteiger partial charge in [-0.1, -0.05) is 17.7 Å². The molecule has 0 atom stereocenters. The van der Waals surface area contributed by atoms with Crippen LogP contribution in [-0.2, 0) is 43.6 Å². The number of pyridine rings is 2. The smallest absolute Gasteiger partial charge is 0.372 e. The van der Waals surface area contributed by atoms with Crippen LogP contribution in [0.2, 0.25) is 5.15 Å². The summed E-state index contributed by atoms with van der Waals surface area (Å²) in [7, 11) is 0. The molecule has 0 unspecified atom stereocenters. The molecule has 0 saturated carbocycles. The number of halogens is 4. The van der Waals surface area contributed by atoms with Crippen molar-refractivity contribution in [1.29, 1.82) is 0 Å². The summed E-state index contributed by atoms with van der Waals surface area (Å²) in [5.74, 6) is 0. The van der Waals surface area contributed by atoms with Crippen molar-refractivity contribution in [3.8, 4) is 0 Å². The van der Waals surface area contributed by atoms with Crippen LogP contribution >= 0.6 is 11.6 Å². The molecule has 2 aliphatic heterocycles. The fourth-order valence-corrected chi connectivity index (χ4v) is 5.47. The first-order valence-electron chi connectivity index (χ1n) is 12.8. The number of hydrogen-bond donors (Lipinski definition) is 1. The second-order valence-electron chi connectivity index (χ2n) is 9.89. The van der Waals surface area contributed by atoms with Crippen molar-refractivity contribution in [3.63, 3.8) is 0 Å². The zero-order chi connectivity index (χ0) is 27.9. The maximum absolute atomic E-state index is 13.5. The lowest BCUT2D eigenvalue weighted by Gasteiger charge is -2.27. The van der Waals surface area contributed by atoms with Gasteiger partial charge in [-0.3, -0.25) is 14.5 Å². The molecule has 0 fully saturated rings. The van der Waals surface area contributed by atoms with Gasteiger partial charge in [0.25, 0.3) is 0 Å². The highest BCUT2D eigenvalue weighted by molar-refractivity contribution is 6.29. The van der Waals surface area contributed by atoms with Crippen LogP contribution in [0.4, 0.5) is 18.0 Å². The first kappa shape index (κ1) is 26.5. The third-order valence-electron chi connectivity index (χ3n) is 7.27. The molecule has 3 aromatic heterocycles. The van der Waals surface area contributed by atoms with E-state index in [2.05, 4.69) is 32.3 Å². The van der Waals surface area contributed by atoms with Gasteiger partial charge in [0.15, 0.2) is 0 Å². The number of amides is 1. The summed E-state index contributed by atoms with van der Waals surface area (Å²) in [5.41, 5.74) is 5.69. The molecule has 0 saturated heterocycles. The summed E-state index contributed by atoms with van der Waals surface area (Å²) < 4.78 is 45.8. The van der Waals surface area contributed by atoms with E-state index in [9.17, 15) is 18.0 Å². The Labute approximate surface area is 233 Å². The fraction of sp³-hybridized carbons (Fsp3) is 0.276. The molecule has 206 valence electrons. The van der Waals surface area contributed by atoms with Crippen molar-refractivity contribution >= 4 is 34.6 Å². The number of hydrogen-bond acceptors (Lipinski definition) is 5. The number of aromatic nitrogens is 3. The average Bonchev–Trinajstić information content (AvgIpc) is 3.52. The van der Waals surface area contributed by atoms with Crippen LogP contribution in [0.1, 0.15) is 39.2 Å². The van der Waals surface area contributed by atoms with Crippen molar-refractivity contribution in [3.05, 3.63) is 99.2 Å². The maximum Gasteiger partial charge on any atom is 0.417 e. The third kappa shape index (κ3) is 5.34. The Morgan fingerprint density at radius 3 is 2.70 bits per heavy atom. The summed E-state index contributed by atoms with van der Waals surface area (Å²) in [6.45, 7) is 3.34. The summed E-state index contributed by atoms with van der Waals surface area (Å²) in [6, 6.07) is 9.91. The second-order valence-corrected chi connectivity index (χ2v) is 10.3. The molecule has 0 spiro atoms. The van der Waals surface area contributed by atoms with Gasteiger partial charge in [-0.05, 0) is 64.7 Å². The third-order valence-corrected chi connectivity index (χ3v) is 7.47. The molecule has 5 heterocycles. The van der Waals surface area contributed by atoms with Crippen LogP contribution in [0.5, 0.6) is 0 Å². The van der Waals surface area contributed by atoms with E-state index in [1.165, 1.54) is 6.07 Å². The highest BCUT2D eigenvalue weighted by Crippen LogP contribution is 2.35. The van der Waals surface area contributed by atoms with Gasteiger partial charge in [0.05, 0.1) is 30.0 Å². The number of rotatable bonds is 5. The number of alkyl halides is 3. The molecule has 0 bridgehead atoms. The lowest BCUT2D eigenvalue weighted by atomic mass is 10.0. The van der Waals surface area contributed by atoms with Crippen LogP contribution in [0.15, 0.2) is 54.9 Å². The Kier molecular flexibility index (Phi) is 7.07. The SMILES string of the molecule is O=C(NCc1ccnc(Cl)c1)n1c2c(c3cc4c(cc31)COC4)CN(CC=Cc1ccc(C(F)(F)F)cn1)CC2. The van der Waals surface area contributed by atoms with E-state index < -0.39 is 11.7 Å². The van der Waals surface area contributed by atoms with Crippen LogP contribution in [-0.4, -0.2) is 38.6 Å². The van der Waals surface area contributed by atoms with Gasteiger partial charge in [0, 0.05) is 56.1 Å². The summed E-state index contributed by atoms with van der Waals surface area (Å²) in [5, 5.41) is 4.42. The quantitative estimate of drug-likeness (QED) is 0.301. The Morgan fingerprint density at radius 2 is 1.95 bits per heavy atom. The summed E-state index contributed by atoms with van der Waals surface area (Å²) in [6.07, 6.45) is 2.34. The Morgan fingerprint density at radius 1 is 1.12 bits per heavy atom. The largest absolute Gasteiger partial charge is 0.417 e. The van der Waals surface area contributed by atoms with Crippen LogP contribution in [0.3, 0.4) is 0 Å². The summed E-state index contributed by atoms with van der Waals surface area (Å²) >= 11 is 6.00. The lowest BCUT2D eigenvalue weighted by molar-refractivity contribution is -0.137. The normalized spacial score (nSPS) is 15.5. The minimum Gasteiger partial charge on any atom is -0.372 e. The molecule has 1 aromatic carbocycles. The molecule has 1 N–H and O–H groups in total. The number of fused-ring (bicyclic) bond motifs is 4. The number of nitrogens with one attached hydrogen (secondary N) is 1. The average molecular weight is 568 g/mol. The fourth-order valence-electron chi connectivity index (χ4n) is 5.28. The Balaban J connectivity index is 1.23. The summed E-state index contributed by atoms with van der Waals surface area (Å²) in [4.78, 5) is 23.7. The number of carbonyl (C=O) groups is 1. The van der Waals surface area contributed by atoms with Crippen LogP contribution in [0.25, 0.3) is 17.0 Å². The zero-order valence-corrected chi connectivity index (χ0v) is 22.1. The van der Waals surface area contributed by atoms with E-state index in [4.69, 9.17) is 16.3 Å². The first-order valence-corrected chi connectivity index (χ1v) is 13.2. The molecule has 40 heavy (non-hydrogen) atoms. The lowest BCUT2D eigenvalue weighted by Crippen LogP contribution is -2.34. The molecule has 7 nitrogen and oxygen atoms in total. The molecule has 4 aromatic rings. The van der Waals surface area contributed by atoms with Crippen molar-refractivity contribution < 1.29 is 22.7 Å². The van der Waals surface area contributed by atoms with E-state index in [0.717, 1.165) is 57.7 Å². The van der Waals surface area contributed by atoms with Gasteiger partial charge >= 0.3 is 12.2 Å². The molecule has 6 rings (SSSR count). The van der Waals surface area contributed by atoms with Crippen molar-refractivity contribution in [1.82, 2.24) is 24.8 Å². The number of carbonyl (C=O) groups excluding carboxylic acids is 1. The standard InChI is InChI=1S/C29H25ClF3N5O2/c30-27-10-18(5-7-34-27)13-36-28(39)38-25-6-9-37(8-1-2-22-4-3-21(14-35-22)29(31,32)33)15-24(25)23-11-19-16-40-17-20(19)12-26(23)38/h1-5,7,10-12,14H,6,8-9,13,15-17H2,(H,36,39). The maximum atomic E-state index is 13.5. The predicted octanol–water partition coefficient (Wildman–Crippen LogP) is 5.96. The van der Waals surface area contributed by atoms with E-state index >= 15 is 0 Å². The highest BCUT2D eigenvalue weighted by atomic mass is 35.5. The number of benzene rings is 1. The van der Waals surface area contributed by atoms with Crippen molar-refractivity contribution in [2.75, 3.05) is 13.1 Å². The topological polar surface area (TPSA) is 72.3 Å². The van der Waals surface area contributed by atoms with Crippen LogP contribution < -0.4 is 5.32 Å². The predicted molar refractivity (Wildman–Crippen MR) is 145 cm³/mol. The van der Waals surface area contributed by atoms with E-state index in [1.54, 1.807) is 22.9 Å². The van der Waals surface area contributed by atoms with Crippen molar-refractivity contribution in [2.45, 2.75) is 38.9 Å². The van der Waals surface area contributed by atoms with E-state index in [0.29, 0.717) is 50.1 Å². The molecular weight excluding hydrogens is 543 g/mol. The minimum absolute atomic E-state index is 0.209. The van der Waals surface area contributed by atoms with Crippen LogP contribution in [0, 0.1) is 0 Å². The molecule has 11 heteroatoms. The highest BCUT2D eigenvalue weighted by Gasteiger charge is 2.31. The molecule has 1 amide bonds. The monoisotopic (exact) mass is 567 g/mol. The Hall–Kier alpha value is -3.73. The van der Waals surface area contributed by atoms with E-state index in [-0.39, 0.29) is 6.03 Å². The number of ether oxygens (including phenoxy) is 1. The van der Waals surface area contributed by atoms with Gasteiger partial charge in [0.1, 0.15) is 5.15 Å². The van der Waals surface area contributed by atoms with Gasteiger partial charge in [-0.15, -0.1) is 0 Å². The van der Waals surface area contributed by atoms with E-state index in [1.807, 2.05) is 12.1 Å². The molecule has 2 aliphatic rings. The zero-order valence-electron chi connectivity index (χ0n) is 21.3. The Bertz CT molecular complexity index is 1610. The van der Waals surface area contributed by atoms with Gasteiger partial charge in [0.2, 0.25) is 0 Å². The first-order chi connectivity index (χ1) is 19.3. The molecule has 0 aliphatic carbocycles. The van der Waals surface area contributed by atoms with Gasteiger partial charge in [-0.25, -0.2) is 9.78 Å². The molecular formula is C29H25ClF3N5O2. The number of nitrogens with zero attached hydrogens (tertiary/aromatic N) is 4. The van der Waals surface area contributed by atoms with Gasteiger partial charge < -0.3 is 10.1 Å².